The van der Waals surface area contributed by atoms with Crippen LogP contribution in [-0.4, -0.2) is 11.0 Å². The molecule has 2 nitrogen and oxygen atoms in total. The number of halogens is 1. The molecule has 0 N–H and O–H groups in total. The molecule has 102 valence electrons. The Morgan fingerprint density at radius 3 is 2.25 bits per heavy atom. The Labute approximate surface area is 123 Å². The molecular weight excluding hydrogens is 272 g/mol. The molecule has 0 amide bonds. The van der Waals surface area contributed by atoms with Crippen LogP contribution in [0.5, 0.6) is 0 Å². The van der Waals surface area contributed by atoms with Crippen molar-refractivity contribution in [1.82, 2.24) is 0 Å². The summed E-state index contributed by atoms with van der Waals surface area (Å²) < 4.78 is 0. The van der Waals surface area contributed by atoms with Gasteiger partial charge in [0.05, 0.1) is 0 Å². The first-order valence-corrected chi connectivity index (χ1v) is 6.85. The predicted molar refractivity (Wildman–Crippen MR) is 80.6 cm³/mol. The van der Waals surface area contributed by atoms with E-state index in [-0.39, 0.29) is 11.3 Å². The smallest absolute Gasteiger partial charge is 0.253 e. The number of benzene rings is 2. The van der Waals surface area contributed by atoms with Gasteiger partial charge in [-0.15, -0.1) is 0 Å². The summed E-state index contributed by atoms with van der Waals surface area (Å²) in [5, 5.41) is -0.609. The van der Waals surface area contributed by atoms with Crippen molar-refractivity contribution in [2.24, 2.45) is 0 Å². The minimum Gasteiger partial charge on any atom is -0.289 e. The summed E-state index contributed by atoms with van der Waals surface area (Å²) in [5.41, 5.74) is 3.13. The van der Waals surface area contributed by atoms with Crippen LogP contribution in [0.25, 0.3) is 0 Å². The van der Waals surface area contributed by atoms with Crippen molar-refractivity contribution in [2.75, 3.05) is 0 Å². The molecule has 0 atom stereocenters. The Hall–Kier alpha value is -1.93. The van der Waals surface area contributed by atoms with E-state index in [0.717, 1.165) is 12.0 Å². The van der Waals surface area contributed by atoms with Crippen molar-refractivity contribution < 1.29 is 9.59 Å². The van der Waals surface area contributed by atoms with E-state index < -0.39 is 5.24 Å². The zero-order chi connectivity index (χ0) is 14.7. The van der Waals surface area contributed by atoms with E-state index in [2.05, 4.69) is 6.92 Å². The highest BCUT2D eigenvalue weighted by molar-refractivity contribution is 6.68. The van der Waals surface area contributed by atoms with Crippen molar-refractivity contribution in [2.45, 2.75) is 20.3 Å². The molecule has 0 fully saturated rings. The first kappa shape index (κ1) is 14.5. The first-order valence-electron chi connectivity index (χ1n) is 6.47. The third-order valence-corrected chi connectivity index (χ3v) is 3.54. The van der Waals surface area contributed by atoms with Gasteiger partial charge in [0.1, 0.15) is 0 Å². The topological polar surface area (TPSA) is 34.1 Å². The van der Waals surface area contributed by atoms with Gasteiger partial charge < -0.3 is 0 Å². The molecule has 0 bridgehead atoms. The van der Waals surface area contributed by atoms with Gasteiger partial charge in [-0.2, -0.15) is 0 Å². The zero-order valence-electron chi connectivity index (χ0n) is 11.4. The van der Waals surface area contributed by atoms with Crippen molar-refractivity contribution in [3.63, 3.8) is 0 Å². The lowest BCUT2D eigenvalue weighted by Gasteiger charge is -2.09. The fraction of sp³-hybridized carbons (Fsp3) is 0.176. The standard InChI is InChI=1S/C17H15ClO2/c1-3-12-7-9-13(10-8-12)16(19)15-11(2)5-4-6-14(15)17(18)20/h4-10H,3H2,1-2H3. The van der Waals surface area contributed by atoms with E-state index in [9.17, 15) is 9.59 Å². The Morgan fingerprint density at radius 2 is 1.70 bits per heavy atom. The predicted octanol–water partition coefficient (Wildman–Crippen LogP) is 4.17. The molecule has 0 unspecified atom stereocenters. The van der Waals surface area contributed by atoms with Gasteiger partial charge in [0.2, 0.25) is 0 Å². The highest BCUT2D eigenvalue weighted by Crippen LogP contribution is 2.21. The molecule has 0 aromatic heterocycles. The quantitative estimate of drug-likeness (QED) is 0.624. The second-order valence-corrected chi connectivity index (χ2v) is 4.99. The molecule has 0 saturated carbocycles. The normalized spacial score (nSPS) is 10.3. The number of carbonyl (C=O) groups is 2. The van der Waals surface area contributed by atoms with Gasteiger partial charge >= 0.3 is 0 Å². The minimum atomic E-state index is -0.609. The molecule has 2 aromatic rings. The lowest BCUT2D eigenvalue weighted by Crippen LogP contribution is -2.09. The lowest BCUT2D eigenvalue weighted by molar-refractivity contribution is 0.102. The van der Waals surface area contributed by atoms with Crippen LogP contribution >= 0.6 is 11.6 Å². The largest absolute Gasteiger partial charge is 0.289 e. The van der Waals surface area contributed by atoms with Gasteiger partial charge in [-0.3, -0.25) is 9.59 Å². The maximum absolute atomic E-state index is 12.6. The molecular formula is C17H15ClO2. The van der Waals surface area contributed by atoms with Crippen LogP contribution in [0.2, 0.25) is 0 Å². The third kappa shape index (κ3) is 2.81. The second kappa shape index (κ2) is 6.02. The van der Waals surface area contributed by atoms with Crippen LogP contribution in [-0.2, 0) is 6.42 Å². The number of carbonyl (C=O) groups excluding carboxylic acids is 2. The van der Waals surface area contributed by atoms with Crippen LogP contribution in [0.4, 0.5) is 0 Å². The number of hydrogen-bond donors (Lipinski definition) is 0. The van der Waals surface area contributed by atoms with E-state index >= 15 is 0 Å². The first-order chi connectivity index (χ1) is 9.54. The maximum atomic E-state index is 12.6. The molecule has 20 heavy (non-hydrogen) atoms. The summed E-state index contributed by atoms with van der Waals surface area (Å²) >= 11 is 5.57. The summed E-state index contributed by atoms with van der Waals surface area (Å²) in [4.78, 5) is 24.0. The van der Waals surface area contributed by atoms with Crippen LogP contribution in [0.3, 0.4) is 0 Å². The van der Waals surface area contributed by atoms with Gasteiger partial charge in [0.15, 0.2) is 5.78 Å². The van der Waals surface area contributed by atoms with E-state index in [4.69, 9.17) is 11.6 Å². The Morgan fingerprint density at radius 1 is 1.05 bits per heavy atom. The summed E-state index contributed by atoms with van der Waals surface area (Å²) in [6.07, 6.45) is 0.921. The number of hydrogen-bond acceptors (Lipinski definition) is 2. The van der Waals surface area contributed by atoms with Gasteiger partial charge in [-0.1, -0.05) is 43.3 Å². The van der Waals surface area contributed by atoms with E-state index in [1.54, 1.807) is 37.3 Å². The molecule has 0 aliphatic carbocycles. The van der Waals surface area contributed by atoms with E-state index in [1.165, 1.54) is 5.56 Å². The molecule has 2 rings (SSSR count). The van der Waals surface area contributed by atoms with Crippen molar-refractivity contribution in [3.05, 3.63) is 70.3 Å². The SMILES string of the molecule is CCc1ccc(C(=O)c2c(C)cccc2C(=O)Cl)cc1. The van der Waals surface area contributed by atoms with Crippen LogP contribution in [0.15, 0.2) is 42.5 Å². The molecule has 0 radical (unpaired) electrons. The van der Waals surface area contributed by atoms with E-state index in [1.807, 2.05) is 12.1 Å². The Balaban J connectivity index is 2.50. The highest BCUT2D eigenvalue weighted by Gasteiger charge is 2.19. The summed E-state index contributed by atoms with van der Waals surface area (Å²) in [6.45, 7) is 3.86. The fourth-order valence-electron chi connectivity index (χ4n) is 2.17. The average molecular weight is 287 g/mol. The molecule has 0 saturated heterocycles. The summed E-state index contributed by atoms with van der Waals surface area (Å²) in [6, 6.07) is 12.5. The Bertz CT molecular complexity index is 657. The molecule has 3 heteroatoms. The zero-order valence-corrected chi connectivity index (χ0v) is 12.2. The van der Waals surface area contributed by atoms with Crippen LogP contribution in [0.1, 0.15) is 44.3 Å². The maximum Gasteiger partial charge on any atom is 0.253 e. The van der Waals surface area contributed by atoms with Gasteiger partial charge in [-0.05, 0) is 42.1 Å². The van der Waals surface area contributed by atoms with Gasteiger partial charge in [0.25, 0.3) is 5.24 Å². The van der Waals surface area contributed by atoms with Crippen LogP contribution in [0, 0.1) is 6.92 Å². The molecule has 2 aromatic carbocycles. The Kier molecular flexibility index (Phi) is 4.35. The van der Waals surface area contributed by atoms with Crippen LogP contribution < -0.4 is 0 Å². The summed E-state index contributed by atoms with van der Waals surface area (Å²) in [5.74, 6) is -0.172. The average Bonchev–Trinajstić information content (AvgIpc) is 2.46. The number of aryl methyl sites for hydroxylation is 2. The molecule has 0 aliphatic heterocycles. The van der Waals surface area contributed by atoms with Crippen molar-refractivity contribution in [1.29, 1.82) is 0 Å². The van der Waals surface area contributed by atoms with Gasteiger partial charge in [-0.25, -0.2) is 0 Å². The fourth-order valence-corrected chi connectivity index (χ4v) is 2.33. The summed E-state index contributed by atoms with van der Waals surface area (Å²) in [7, 11) is 0. The van der Waals surface area contributed by atoms with Gasteiger partial charge in [0, 0.05) is 16.7 Å². The third-order valence-electron chi connectivity index (χ3n) is 3.34. The molecule has 0 spiro atoms. The van der Waals surface area contributed by atoms with Crippen molar-refractivity contribution in [3.8, 4) is 0 Å². The molecule has 0 aliphatic rings. The second-order valence-electron chi connectivity index (χ2n) is 4.65. The number of ketones is 1. The monoisotopic (exact) mass is 286 g/mol. The highest BCUT2D eigenvalue weighted by atomic mass is 35.5. The molecule has 0 heterocycles. The van der Waals surface area contributed by atoms with E-state index in [0.29, 0.717) is 11.1 Å². The number of rotatable bonds is 4. The van der Waals surface area contributed by atoms with Crippen molar-refractivity contribution >= 4 is 22.6 Å². The lowest BCUT2D eigenvalue weighted by atomic mass is 9.94. The minimum absolute atomic E-state index is 0.172.